The molecular formula is C16H18ClN. The van der Waals surface area contributed by atoms with Crippen molar-refractivity contribution in [2.45, 2.75) is 19.4 Å². The summed E-state index contributed by atoms with van der Waals surface area (Å²) in [5, 5.41) is 4.01. The monoisotopic (exact) mass is 259 g/mol. The van der Waals surface area contributed by atoms with Gasteiger partial charge in [0.1, 0.15) is 0 Å². The van der Waals surface area contributed by atoms with Gasteiger partial charge < -0.3 is 5.32 Å². The van der Waals surface area contributed by atoms with Gasteiger partial charge in [0, 0.05) is 17.5 Å². The second kappa shape index (κ2) is 6.03. The molecule has 94 valence electrons. The van der Waals surface area contributed by atoms with Crippen LogP contribution in [-0.2, 0) is 6.54 Å². The minimum absolute atomic E-state index is 0.381. The van der Waals surface area contributed by atoms with Gasteiger partial charge >= 0.3 is 0 Å². The van der Waals surface area contributed by atoms with E-state index in [1.165, 1.54) is 16.7 Å². The first-order valence-corrected chi connectivity index (χ1v) is 6.58. The van der Waals surface area contributed by atoms with Gasteiger partial charge in [-0.2, -0.15) is 0 Å². The third-order valence-electron chi connectivity index (χ3n) is 3.26. The van der Waals surface area contributed by atoms with Crippen LogP contribution < -0.4 is 5.32 Å². The summed E-state index contributed by atoms with van der Waals surface area (Å²) >= 11 is 5.93. The van der Waals surface area contributed by atoms with Gasteiger partial charge in [-0.3, -0.25) is 0 Å². The van der Waals surface area contributed by atoms with E-state index in [0.29, 0.717) is 5.92 Å². The van der Waals surface area contributed by atoms with E-state index in [9.17, 15) is 0 Å². The minimum atomic E-state index is 0.381. The SMILES string of the molecule is CNCc1ccccc1[C@@H](C)c1ccc(Cl)cc1. The molecule has 0 fully saturated rings. The Hall–Kier alpha value is -1.31. The first-order valence-electron chi connectivity index (χ1n) is 6.20. The molecule has 0 aliphatic heterocycles. The molecule has 0 heterocycles. The molecule has 2 aromatic rings. The van der Waals surface area contributed by atoms with Crippen LogP contribution in [0.25, 0.3) is 0 Å². The molecule has 0 saturated carbocycles. The predicted molar refractivity (Wildman–Crippen MR) is 78.2 cm³/mol. The maximum Gasteiger partial charge on any atom is 0.0406 e. The number of halogens is 1. The van der Waals surface area contributed by atoms with Crippen LogP contribution in [-0.4, -0.2) is 7.05 Å². The number of rotatable bonds is 4. The molecule has 0 spiro atoms. The average Bonchev–Trinajstić information content (AvgIpc) is 2.40. The Morgan fingerprint density at radius 2 is 1.72 bits per heavy atom. The molecule has 18 heavy (non-hydrogen) atoms. The number of hydrogen-bond donors (Lipinski definition) is 1. The van der Waals surface area contributed by atoms with Crippen LogP contribution in [0.2, 0.25) is 5.02 Å². The van der Waals surface area contributed by atoms with Crippen molar-refractivity contribution in [3.8, 4) is 0 Å². The Morgan fingerprint density at radius 3 is 2.39 bits per heavy atom. The molecule has 2 rings (SSSR count). The number of benzene rings is 2. The van der Waals surface area contributed by atoms with Crippen molar-refractivity contribution in [2.75, 3.05) is 7.05 Å². The van der Waals surface area contributed by atoms with E-state index < -0.39 is 0 Å². The Morgan fingerprint density at radius 1 is 1.06 bits per heavy atom. The minimum Gasteiger partial charge on any atom is -0.316 e. The van der Waals surface area contributed by atoms with Gasteiger partial charge in [0.05, 0.1) is 0 Å². The molecule has 0 bridgehead atoms. The van der Waals surface area contributed by atoms with Gasteiger partial charge in [-0.25, -0.2) is 0 Å². The highest BCUT2D eigenvalue weighted by Crippen LogP contribution is 2.27. The zero-order chi connectivity index (χ0) is 13.0. The van der Waals surface area contributed by atoms with E-state index in [-0.39, 0.29) is 0 Å². The molecule has 0 saturated heterocycles. The van der Waals surface area contributed by atoms with Crippen LogP contribution in [0.15, 0.2) is 48.5 Å². The van der Waals surface area contributed by atoms with Crippen molar-refractivity contribution in [3.05, 3.63) is 70.2 Å². The maximum absolute atomic E-state index is 5.93. The van der Waals surface area contributed by atoms with E-state index >= 15 is 0 Å². The molecule has 1 atom stereocenters. The van der Waals surface area contributed by atoms with Crippen molar-refractivity contribution < 1.29 is 0 Å². The topological polar surface area (TPSA) is 12.0 Å². The molecule has 2 aromatic carbocycles. The molecule has 0 unspecified atom stereocenters. The Kier molecular flexibility index (Phi) is 4.40. The lowest BCUT2D eigenvalue weighted by molar-refractivity contribution is 0.789. The zero-order valence-electron chi connectivity index (χ0n) is 10.8. The average molecular weight is 260 g/mol. The van der Waals surface area contributed by atoms with Gasteiger partial charge in [-0.1, -0.05) is 54.9 Å². The van der Waals surface area contributed by atoms with Crippen LogP contribution in [0, 0.1) is 0 Å². The van der Waals surface area contributed by atoms with E-state index in [2.05, 4.69) is 48.6 Å². The summed E-state index contributed by atoms with van der Waals surface area (Å²) < 4.78 is 0. The zero-order valence-corrected chi connectivity index (χ0v) is 11.5. The second-order valence-corrected chi connectivity index (χ2v) is 4.94. The molecule has 0 aromatic heterocycles. The molecule has 0 amide bonds. The van der Waals surface area contributed by atoms with Gasteiger partial charge in [0.15, 0.2) is 0 Å². The normalized spacial score (nSPS) is 12.4. The van der Waals surface area contributed by atoms with Crippen LogP contribution in [0.3, 0.4) is 0 Å². The lowest BCUT2D eigenvalue weighted by Crippen LogP contribution is -2.09. The second-order valence-electron chi connectivity index (χ2n) is 4.50. The van der Waals surface area contributed by atoms with Crippen LogP contribution in [0.1, 0.15) is 29.5 Å². The lowest BCUT2D eigenvalue weighted by atomic mass is 9.90. The summed E-state index contributed by atoms with van der Waals surface area (Å²) in [5.74, 6) is 0.381. The van der Waals surface area contributed by atoms with Gasteiger partial charge in [0.25, 0.3) is 0 Å². The molecule has 2 heteroatoms. The molecule has 1 N–H and O–H groups in total. The Labute approximate surface area is 114 Å². The fraction of sp³-hybridized carbons (Fsp3) is 0.250. The molecule has 0 radical (unpaired) electrons. The van der Waals surface area contributed by atoms with E-state index in [4.69, 9.17) is 11.6 Å². The third-order valence-corrected chi connectivity index (χ3v) is 3.51. The number of nitrogens with one attached hydrogen (secondary N) is 1. The first kappa shape index (κ1) is 13.1. The van der Waals surface area contributed by atoms with E-state index in [1.807, 2.05) is 19.2 Å². The molecule has 1 nitrogen and oxygen atoms in total. The van der Waals surface area contributed by atoms with Crippen molar-refractivity contribution in [1.29, 1.82) is 0 Å². The van der Waals surface area contributed by atoms with Crippen molar-refractivity contribution >= 4 is 11.6 Å². The highest BCUT2D eigenvalue weighted by Gasteiger charge is 2.11. The third kappa shape index (κ3) is 2.92. The largest absolute Gasteiger partial charge is 0.316 e. The quantitative estimate of drug-likeness (QED) is 0.867. The fourth-order valence-electron chi connectivity index (χ4n) is 2.24. The summed E-state index contributed by atoms with van der Waals surface area (Å²) in [6.45, 7) is 3.13. The smallest absolute Gasteiger partial charge is 0.0406 e. The van der Waals surface area contributed by atoms with Crippen molar-refractivity contribution in [1.82, 2.24) is 5.32 Å². The fourth-order valence-corrected chi connectivity index (χ4v) is 2.37. The maximum atomic E-state index is 5.93. The van der Waals surface area contributed by atoms with Gasteiger partial charge in [-0.15, -0.1) is 0 Å². The highest BCUT2D eigenvalue weighted by molar-refractivity contribution is 6.30. The van der Waals surface area contributed by atoms with E-state index in [0.717, 1.165) is 11.6 Å². The van der Waals surface area contributed by atoms with Crippen LogP contribution in [0.5, 0.6) is 0 Å². The van der Waals surface area contributed by atoms with E-state index in [1.54, 1.807) is 0 Å². The first-order chi connectivity index (χ1) is 8.72. The van der Waals surface area contributed by atoms with Gasteiger partial charge in [0.2, 0.25) is 0 Å². The molecule has 0 aliphatic rings. The molecule has 0 aliphatic carbocycles. The lowest BCUT2D eigenvalue weighted by Gasteiger charge is -2.17. The summed E-state index contributed by atoms with van der Waals surface area (Å²) in [6, 6.07) is 16.7. The Bertz CT molecular complexity index is 505. The summed E-state index contributed by atoms with van der Waals surface area (Å²) in [4.78, 5) is 0. The van der Waals surface area contributed by atoms with Crippen molar-refractivity contribution in [2.24, 2.45) is 0 Å². The number of hydrogen-bond acceptors (Lipinski definition) is 1. The standard InChI is InChI=1S/C16H18ClN/c1-12(13-7-9-15(17)10-8-13)16-6-4-3-5-14(16)11-18-2/h3-10,12,18H,11H2,1-2H3/t12-/m0/s1. The Balaban J connectivity index is 2.33. The van der Waals surface area contributed by atoms with Crippen LogP contribution in [0.4, 0.5) is 0 Å². The molecular weight excluding hydrogens is 242 g/mol. The summed E-state index contributed by atoms with van der Waals surface area (Å²) in [7, 11) is 1.98. The summed E-state index contributed by atoms with van der Waals surface area (Å²) in [6.07, 6.45) is 0. The summed E-state index contributed by atoms with van der Waals surface area (Å²) in [5.41, 5.74) is 4.01. The highest BCUT2D eigenvalue weighted by atomic mass is 35.5. The van der Waals surface area contributed by atoms with Gasteiger partial charge in [-0.05, 0) is 35.9 Å². The van der Waals surface area contributed by atoms with Crippen LogP contribution >= 0.6 is 11.6 Å². The predicted octanol–water partition coefficient (Wildman–Crippen LogP) is 4.21. The van der Waals surface area contributed by atoms with Crippen molar-refractivity contribution in [3.63, 3.8) is 0 Å².